The molecule has 0 bridgehead atoms. The van der Waals surface area contributed by atoms with Crippen molar-refractivity contribution < 1.29 is 19.0 Å². The van der Waals surface area contributed by atoms with Gasteiger partial charge >= 0.3 is 0 Å². The Balaban J connectivity index is 1.28. The van der Waals surface area contributed by atoms with E-state index in [1.807, 2.05) is 6.07 Å². The van der Waals surface area contributed by atoms with Crippen molar-refractivity contribution in [3.63, 3.8) is 0 Å². The molecule has 6 rings (SSSR count). The number of rotatable bonds is 3. The number of fused-ring (bicyclic) bond motifs is 6. The summed E-state index contributed by atoms with van der Waals surface area (Å²) in [5.41, 5.74) is 1.40. The molecule has 32 heavy (non-hydrogen) atoms. The van der Waals surface area contributed by atoms with Crippen LogP contribution in [0.3, 0.4) is 0 Å². The van der Waals surface area contributed by atoms with Gasteiger partial charge in [-0.15, -0.1) is 0 Å². The molecular weight excluding hydrogens is 400 g/mol. The summed E-state index contributed by atoms with van der Waals surface area (Å²) in [5, 5.41) is 0. The number of hydrogen-bond donors (Lipinski definition) is 0. The number of ketones is 1. The van der Waals surface area contributed by atoms with Crippen molar-refractivity contribution in [3.05, 3.63) is 35.9 Å². The van der Waals surface area contributed by atoms with Crippen LogP contribution in [0, 0.1) is 34.5 Å². The van der Waals surface area contributed by atoms with E-state index in [4.69, 9.17) is 14.2 Å². The lowest BCUT2D eigenvalue weighted by Gasteiger charge is -2.62. The molecule has 174 valence electrons. The minimum atomic E-state index is -0.341. The van der Waals surface area contributed by atoms with Gasteiger partial charge < -0.3 is 14.2 Å². The Hall–Kier alpha value is -1.23. The van der Waals surface area contributed by atoms with Gasteiger partial charge in [0.15, 0.2) is 5.79 Å². The van der Waals surface area contributed by atoms with E-state index < -0.39 is 0 Å². The lowest BCUT2D eigenvalue weighted by atomic mass is 9.44. The van der Waals surface area contributed by atoms with Gasteiger partial charge in [0.1, 0.15) is 5.78 Å². The molecule has 1 spiro atoms. The van der Waals surface area contributed by atoms with Crippen LogP contribution in [0.15, 0.2) is 30.3 Å². The molecule has 5 fully saturated rings. The Kier molecular flexibility index (Phi) is 5.09. The highest BCUT2D eigenvalue weighted by Gasteiger charge is 2.68. The van der Waals surface area contributed by atoms with Gasteiger partial charge in [0, 0.05) is 30.1 Å². The molecule has 1 saturated heterocycles. The van der Waals surface area contributed by atoms with Crippen LogP contribution in [0.4, 0.5) is 0 Å². The van der Waals surface area contributed by atoms with Gasteiger partial charge in [-0.05, 0) is 61.3 Å². The first-order valence-electron chi connectivity index (χ1n) is 12.9. The second kappa shape index (κ2) is 7.65. The second-order valence-electron chi connectivity index (χ2n) is 11.7. The molecule has 0 radical (unpaired) electrons. The van der Waals surface area contributed by atoms with Crippen LogP contribution in [-0.2, 0) is 25.6 Å². The molecule has 4 heteroatoms. The van der Waals surface area contributed by atoms with E-state index in [9.17, 15) is 4.79 Å². The Labute approximate surface area is 192 Å². The number of benzene rings is 1. The molecule has 4 aliphatic carbocycles. The van der Waals surface area contributed by atoms with E-state index in [-0.39, 0.29) is 22.7 Å². The van der Waals surface area contributed by atoms with Crippen LogP contribution >= 0.6 is 0 Å². The topological polar surface area (TPSA) is 44.8 Å². The van der Waals surface area contributed by atoms with Crippen molar-refractivity contribution in [2.24, 2.45) is 34.5 Å². The van der Waals surface area contributed by atoms with Crippen molar-refractivity contribution in [1.82, 2.24) is 0 Å². The molecule has 1 aliphatic heterocycles. The molecule has 1 heterocycles. The monoisotopic (exact) mass is 438 g/mol. The van der Waals surface area contributed by atoms with E-state index in [1.165, 1.54) is 31.2 Å². The smallest absolute Gasteiger partial charge is 0.174 e. The number of Topliss-reactive ketones (excluding diaryl/α,β-unsaturated/α-hetero) is 1. The predicted octanol–water partition coefficient (Wildman–Crippen LogP) is 5.54. The van der Waals surface area contributed by atoms with Gasteiger partial charge in [-0.2, -0.15) is 0 Å². The van der Waals surface area contributed by atoms with Gasteiger partial charge in [0.2, 0.25) is 0 Å². The summed E-state index contributed by atoms with van der Waals surface area (Å²) in [6.07, 6.45) is 8.41. The van der Waals surface area contributed by atoms with Gasteiger partial charge in [0.25, 0.3) is 0 Å². The van der Waals surface area contributed by atoms with Crippen molar-refractivity contribution in [2.45, 2.75) is 83.7 Å². The largest absolute Gasteiger partial charge is 0.372 e. The lowest BCUT2D eigenvalue weighted by molar-refractivity contribution is -0.253. The van der Waals surface area contributed by atoms with Crippen molar-refractivity contribution in [1.29, 1.82) is 0 Å². The third-order valence-electron chi connectivity index (χ3n) is 10.6. The third kappa shape index (κ3) is 2.95. The van der Waals surface area contributed by atoms with E-state index in [1.54, 1.807) is 0 Å². The third-order valence-corrected chi connectivity index (χ3v) is 10.6. The van der Waals surface area contributed by atoms with E-state index in [0.717, 1.165) is 32.5 Å². The highest BCUT2D eigenvalue weighted by atomic mass is 16.7. The molecule has 1 aromatic rings. The molecule has 0 N–H and O–H groups in total. The Morgan fingerprint density at radius 3 is 2.47 bits per heavy atom. The SMILES string of the molecule is C[C@]12C(CCC3C1CC[C@@]1(C)C3CCC13OCCO3)CC(=O)CC2OCc1ccccc1. The normalized spacial score (nSPS) is 44.8. The summed E-state index contributed by atoms with van der Waals surface area (Å²) in [5.74, 6) is 2.50. The maximum Gasteiger partial charge on any atom is 0.174 e. The highest BCUT2D eigenvalue weighted by molar-refractivity contribution is 5.80. The fraction of sp³-hybridized carbons (Fsp3) is 0.750. The molecule has 4 saturated carbocycles. The second-order valence-corrected chi connectivity index (χ2v) is 11.7. The van der Waals surface area contributed by atoms with Gasteiger partial charge in [-0.3, -0.25) is 4.79 Å². The maximum absolute atomic E-state index is 12.7. The Morgan fingerprint density at radius 1 is 0.938 bits per heavy atom. The van der Waals surface area contributed by atoms with Crippen molar-refractivity contribution in [3.8, 4) is 0 Å². The fourth-order valence-corrected chi connectivity index (χ4v) is 8.97. The van der Waals surface area contributed by atoms with Crippen LogP contribution in [0.2, 0.25) is 0 Å². The molecule has 5 unspecified atom stereocenters. The molecular formula is C28H38O4. The highest BCUT2D eigenvalue weighted by Crippen LogP contribution is 2.69. The molecule has 4 nitrogen and oxygen atoms in total. The van der Waals surface area contributed by atoms with E-state index >= 15 is 0 Å². The predicted molar refractivity (Wildman–Crippen MR) is 122 cm³/mol. The number of carbonyl (C=O) groups excluding carboxylic acids is 1. The molecule has 1 aromatic carbocycles. The molecule has 0 amide bonds. The van der Waals surface area contributed by atoms with Crippen LogP contribution in [0.1, 0.15) is 70.8 Å². The van der Waals surface area contributed by atoms with Gasteiger partial charge in [-0.1, -0.05) is 44.2 Å². The van der Waals surface area contributed by atoms with Crippen molar-refractivity contribution >= 4 is 5.78 Å². The summed E-state index contributed by atoms with van der Waals surface area (Å²) >= 11 is 0. The summed E-state index contributed by atoms with van der Waals surface area (Å²) in [6, 6.07) is 10.4. The zero-order valence-electron chi connectivity index (χ0n) is 19.7. The van der Waals surface area contributed by atoms with E-state index in [0.29, 0.717) is 42.5 Å². The Bertz CT molecular complexity index is 861. The van der Waals surface area contributed by atoms with Crippen LogP contribution in [-0.4, -0.2) is 30.9 Å². The number of carbonyl (C=O) groups is 1. The zero-order valence-corrected chi connectivity index (χ0v) is 19.7. The molecule has 5 aliphatic rings. The average molecular weight is 439 g/mol. The summed E-state index contributed by atoms with van der Waals surface area (Å²) in [6.45, 7) is 7.02. The van der Waals surface area contributed by atoms with E-state index in [2.05, 4.69) is 38.1 Å². The first kappa shape index (κ1) is 21.3. The lowest BCUT2D eigenvalue weighted by Crippen LogP contribution is -2.60. The average Bonchev–Trinajstić information content (AvgIpc) is 3.39. The van der Waals surface area contributed by atoms with Gasteiger partial charge in [-0.25, -0.2) is 0 Å². The zero-order chi connectivity index (χ0) is 22.0. The summed E-state index contributed by atoms with van der Waals surface area (Å²) < 4.78 is 19.3. The minimum Gasteiger partial charge on any atom is -0.372 e. The first-order valence-corrected chi connectivity index (χ1v) is 12.9. The summed E-state index contributed by atoms with van der Waals surface area (Å²) in [7, 11) is 0. The van der Waals surface area contributed by atoms with Crippen LogP contribution < -0.4 is 0 Å². The summed E-state index contributed by atoms with van der Waals surface area (Å²) in [4.78, 5) is 12.7. The van der Waals surface area contributed by atoms with Crippen LogP contribution in [0.5, 0.6) is 0 Å². The van der Waals surface area contributed by atoms with Crippen LogP contribution in [0.25, 0.3) is 0 Å². The number of ether oxygens (including phenoxy) is 3. The standard InChI is InChI=1S/C28H38O4/c1-26-12-10-24-22(23(26)11-13-28(26)31-14-15-32-28)9-8-20-16-21(29)17-25(27(20,24)2)30-18-19-6-4-3-5-7-19/h3-7,20,22-25H,8-18H2,1-2H3/t20?,22?,23?,24?,25?,26-,27-/m0/s1. The van der Waals surface area contributed by atoms with Gasteiger partial charge in [0.05, 0.1) is 25.9 Å². The molecule has 7 atom stereocenters. The fourth-order valence-electron chi connectivity index (χ4n) is 8.97. The first-order chi connectivity index (χ1) is 15.5. The number of hydrogen-bond acceptors (Lipinski definition) is 4. The Morgan fingerprint density at radius 2 is 1.69 bits per heavy atom. The minimum absolute atomic E-state index is 0.0282. The van der Waals surface area contributed by atoms with Crippen molar-refractivity contribution in [2.75, 3.05) is 13.2 Å². The maximum atomic E-state index is 12.7. The molecule has 0 aromatic heterocycles. The quantitative estimate of drug-likeness (QED) is 0.622.